The summed E-state index contributed by atoms with van der Waals surface area (Å²) < 4.78 is 24.8. The van der Waals surface area contributed by atoms with Crippen molar-refractivity contribution < 1.29 is 18.4 Å². The van der Waals surface area contributed by atoms with E-state index in [1.54, 1.807) is 0 Å². The van der Waals surface area contributed by atoms with Crippen LogP contribution in [0.4, 0.5) is 8.78 Å². The van der Waals surface area contributed by atoms with Crippen molar-refractivity contribution in [2.24, 2.45) is 0 Å². The zero-order valence-electron chi connectivity index (χ0n) is 5.93. The minimum Gasteiger partial charge on any atom is -0.285 e. The Kier molecular flexibility index (Phi) is 1.66. The van der Waals surface area contributed by atoms with Gasteiger partial charge in [-0.15, -0.1) is 0 Å². The van der Waals surface area contributed by atoms with E-state index >= 15 is 0 Å². The van der Waals surface area contributed by atoms with E-state index in [1.807, 2.05) is 0 Å². The number of rotatable bonds is 0. The molecule has 1 aliphatic rings. The van der Waals surface area contributed by atoms with Crippen LogP contribution in [0.2, 0.25) is 0 Å². The van der Waals surface area contributed by atoms with Crippen molar-refractivity contribution in [3.8, 4) is 0 Å². The Labute approximate surface area is 62.0 Å². The number of imide groups is 1. The van der Waals surface area contributed by atoms with Gasteiger partial charge in [0.25, 0.3) is 5.92 Å². The third kappa shape index (κ3) is 1.53. The first kappa shape index (κ1) is 8.10. The number of nitrogens with zero attached hydrogens (tertiary/aromatic N) is 1. The van der Waals surface area contributed by atoms with Crippen molar-refractivity contribution in [1.82, 2.24) is 4.90 Å². The van der Waals surface area contributed by atoms with Gasteiger partial charge in [-0.05, 0) is 0 Å². The fourth-order valence-electron chi connectivity index (χ4n) is 0.881. The van der Waals surface area contributed by atoms with E-state index in [9.17, 15) is 18.4 Å². The molecule has 0 aromatic heterocycles. The van der Waals surface area contributed by atoms with Crippen LogP contribution in [-0.2, 0) is 9.59 Å². The predicted octanol–water partition coefficient (Wildman–Crippen LogP) is 0.401. The number of carbonyl (C=O) groups excluding carboxylic acids is 2. The summed E-state index contributed by atoms with van der Waals surface area (Å²) in [5.74, 6) is -4.77. The summed E-state index contributed by atoms with van der Waals surface area (Å²) in [6.45, 7) is 0. The highest BCUT2D eigenvalue weighted by Crippen LogP contribution is 2.28. The summed E-state index contributed by atoms with van der Waals surface area (Å²) in [6.07, 6.45) is -1.70. The van der Waals surface area contributed by atoms with Crippen molar-refractivity contribution >= 4 is 11.8 Å². The molecular weight excluding hydrogens is 156 g/mol. The van der Waals surface area contributed by atoms with Crippen molar-refractivity contribution in [2.75, 3.05) is 7.05 Å². The fraction of sp³-hybridized carbons (Fsp3) is 0.667. The minimum atomic E-state index is -3.14. The number of alkyl halides is 2. The quantitative estimate of drug-likeness (QED) is 0.485. The smallest absolute Gasteiger partial charge is 0.265 e. The number of hydrogen-bond acceptors (Lipinski definition) is 2. The van der Waals surface area contributed by atoms with E-state index in [-0.39, 0.29) is 0 Å². The number of likely N-dealkylation sites (tertiary alicyclic amines) is 1. The van der Waals surface area contributed by atoms with Crippen molar-refractivity contribution in [3.63, 3.8) is 0 Å². The van der Waals surface area contributed by atoms with Crippen molar-refractivity contribution in [3.05, 3.63) is 0 Å². The van der Waals surface area contributed by atoms with Gasteiger partial charge in [0.15, 0.2) is 0 Å². The largest absolute Gasteiger partial charge is 0.285 e. The molecule has 3 nitrogen and oxygen atoms in total. The van der Waals surface area contributed by atoms with Gasteiger partial charge in [0, 0.05) is 7.05 Å². The van der Waals surface area contributed by atoms with Crippen LogP contribution in [0.5, 0.6) is 0 Å². The van der Waals surface area contributed by atoms with Crippen LogP contribution in [-0.4, -0.2) is 29.7 Å². The normalized spacial score (nSPS) is 24.1. The topological polar surface area (TPSA) is 37.4 Å². The van der Waals surface area contributed by atoms with Gasteiger partial charge in [0.05, 0.1) is 12.8 Å². The molecule has 1 fully saturated rings. The maximum atomic E-state index is 12.4. The zero-order valence-corrected chi connectivity index (χ0v) is 5.93. The minimum absolute atomic E-state index is 0.734. The first-order valence-electron chi connectivity index (χ1n) is 3.09. The summed E-state index contributed by atoms with van der Waals surface area (Å²) in [4.78, 5) is 22.0. The van der Waals surface area contributed by atoms with Gasteiger partial charge in [0.1, 0.15) is 0 Å². The maximum absolute atomic E-state index is 12.4. The van der Waals surface area contributed by atoms with E-state index in [0.29, 0.717) is 0 Å². The number of amides is 2. The molecule has 0 saturated carbocycles. The number of piperidine rings is 1. The first-order chi connectivity index (χ1) is 4.92. The van der Waals surface area contributed by atoms with Gasteiger partial charge in [-0.1, -0.05) is 0 Å². The van der Waals surface area contributed by atoms with E-state index in [0.717, 1.165) is 4.90 Å². The molecule has 0 aliphatic carbocycles. The van der Waals surface area contributed by atoms with Gasteiger partial charge < -0.3 is 0 Å². The summed E-state index contributed by atoms with van der Waals surface area (Å²) in [5.41, 5.74) is 0. The van der Waals surface area contributed by atoms with Gasteiger partial charge in [0.2, 0.25) is 11.8 Å². The van der Waals surface area contributed by atoms with Gasteiger partial charge in [-0.2, -0.15) is 0 Å². The molecule has 0 aromatic rings. The molecule has 1 saturated heterocycles. The summed E-state index contributed by atoms with van der Waals surface area (Å²) in [7, 11) is 1.21. The van der Waals surface area contributed by atoms with E-state index < -0.39 is 30.6 Å². The number of hydrogen-bond donors (Lipinski definition) is 0. The molecule has 1 heterocycles. The SMILES string of the molecule is CN1C(=O)CC(F)(F)CC1=O. The number of halogens is 2. The van der Waals surface area contributed by atoms with E-state index in [4.69, 9.17) is 0 Å². The highest BCUT2D eigenvalue weighted by Gasteiger charge is 2.42. The second-order valence-electron chi connectivity index (χ2n) is 2.56. The lowest BCUT2D eigenvalue weighted by Crippen LogP contribution is -2.45. The fourth-order valence-corrected chi connectivity index (χ4v) is 0.881. The second-order valence-corrected chi connectivity index (χ2v) is 2.56. The van der Waals surface area contributed by atoms with Crippen LogP contribution in [0.15, 0.2) is 0 Å². The lowest BCUT2D eigenvalue weighted by atomic mass is 10.1. The Morgan fingerprint density at radius 2 is 1.64 bits per heavy atom. The lowest BCUT2D eigenvalue weighted by molar-refractivity contribution is -0.160. The maximum Gasteiger partial charge on any atom is 0.265 e. The third-order valence-electron chi connectivity index (χ3n) is 1.57. The average Bonchev–Trinajstić information content (AvgIpc) is 1.81. The molecule has 5 heteroatoms. The molecule has 62 valence electrons. The van der Waals surface area contributed by atoms with Gasteiger partial charge in [-0.25, -0.2) is 8.78 Å². The molecule has 0 spiro atoms. The van der Waals surface area contributed by atoms with Crippen LogP contribution in [0.1, 0.15) is 12.8 Å². The lowest BCUT2D eigenvalue weighted by Gasteiger charge is -2.26. The molecule has 0 N–H and O–H groups in total. The van der Waals surface area contributed by atoms with Gasteiger partial charge >= 0.3 is 0 Å². The summed E-state index contributed by atoms with van der Waals surface area (Å²) >= 11 is 0. The van der Waals surface area contributed by atoms with Crippen molar-refractivity contribution in [1.29, 1.82) is 0 Å². The second kappa shape index (κ2) is 2.25. The molecule has 1 aliphatic heterocycles. The Bertz CT molecular complexity index is 195. The Balaban J connectivity index is 2.78. The third-order valence-corrected chi connectivity index (χ3v) is 1.57. The van der Waals surface area contributed by atoms with Crippen LogP contribution in [0, 0.1) is 0 Å². The molecule has 11 heavy (non-hydrogen) atoms. The molecule has 0 radical (unpaired) electrons. The Morgan fingerprint density at radius 1 is 1.27 bits per heavy atom. The summed E-state index contributed by atoms with van der Waals surface area (Å²) in [6, 6.07) is 0. The first-order valence-corrected chi connectivity index (χ1v) is 3.09. The molecule has 0 aromatic carbocycles. The molecule has 1 rings (SSSR count). The zero-order chi connectivity index (χ0) is 8.65. The Hall–Kier alpha value is -1.00. The predicted molar refractivity (Wildman–Crippen MR) is 32.0 cm³/mol. The molecule has 0 bridgehead atoms. The van der Waals surface area contributed by atoms with Crippen molar-refractivity contribution in [2.45, 2.75) is 18.8 Å². The van der Waals surface area contributed by atoms with Crippen LogP contribution in [0.3, 0.4) is 0 Å². The molecule has 0 unspecified atom stereocenters. The van der Waals surface area contributed by atoms with E-state index in [2.05, 4.69) is 0 Å². The molecular formula is C6H7F2NO2. The monoisotopic (exact) mass is 163 g/mol. The van der Waals surface area contributed by atoms with Crippen LogP contribution in [0.25, 0.3) is 0 Å². The van der Waals surface area contributed by atoms with Gasteiger partial charge in [-0.3, -0.25) is 14.5 Å². The van der Waals surface area contributed by atoms with Crippen LogP contribution < -0.4 is 0 Å². The van der Waals surface area contributed by atoms with Crippen LogP contribution >= 0.6 is 0 Å². The number of carbonyl (C=O) groups is 2. The molecule has 0 atom stereocenters. The Morgan fingerprint density at radius 3 is 2.00 bits per heavy atom. The average molecular weight is 163 g/mol. The summed E-state index contributed by atoms with van der Waals surface area (Å²) in [5, 5.41) is 0. The van der Waals surface area contributed by atoms with E-state index in [1.165, 1.54) is 7.05 Å². The highest BCUT2D eigenvalue weighted by atomic mass is 19.3. The highest BCUT2D eigenvalue weighted by molar-refractivity contribution is 5.98. The molecule has 2 amide bonds. The standard InChI is InChI=1S/C6H7F2NO2/c1-9-4(10)2-6(7,8)3-5(9)11/h2-3H2,1H3.